The fourth-order valence-corrected chi connectivity index (χ4v) is 0. The summed E-state index contributed by atoms with van der Waals surface area (Å²) in [5.74, 6) is 4.16. The molecule has 0 aromatic rings. The van der Waals surface area contributed by atoms with Gasteiger partial charge in [-0.25, -0.2) is 8.42 Å². The van der Waals surface area contributed by atoms with E-state index in [9.17, 15) is 13.0 Å². The van der Waals surface area contributed by atoms with E-state index in [0.29, 0.717) is 0 Å². The predicted octanol–water partition coefficient (Wildman–Crippen LogP) is -5.09. The fraction of sp³-hybridized carbons (Fsp3) is 0. The average Bonchev–Trinajstić information content (AvgIpc) is 1.35. The number of hydrazine groups is 1. The standard InChI is InChI=1S/K.H4N2O3S/c;1-2-6(3,4)5/h;2H,1H2,(H,3,4,5)/q+1;/p-1. The van der Waals surface area contributed by atoms with Crippen molar-refractivity contribution in [2.75, 3.05) is 0 Å². The van der Waals surface area contributed by atoms with Gasteiger partial charge in [-0.1, -0.05) is 0 Å². The van der Waals surface area contributed by atoms with Crippen molar-refractivity contribution in [2.24, 2.45) is 5.84 Å². The van der Waals surface area contributed by atoms with Crippen LogP contribution in [-0.4, -0.2) is 13.0 Å². The first-order valence-corrected chi connectivity index (χ1v) is 2.40. The Hall–Kier alpha value is 1.47. The van der Waals surface area contributed by atoms with Crippen molar-refractivity contribution < 1.29 is 64.4 Å². The molecule has 0 unspecified atom stereocenters. The van der Waals surface area contributed by atoms with Gasteiger partial charge in [-0.2, -0.15) is 4.83 Å². The summed E-state index contributed by atoms with van der Waals surface area (Å²) in [5, 5.41) is 0. The van der Waals surface area contributed by atoms with Crippen molar-refractivity contribution >= 4 is 10.3 Å². The van der Waals surface area contributed by atoms with Gasteiger partial charge in [0.25, 0.3) is 0 Å². The molecule has 0 radical (unpaired) electrons. The second-order valence-electron chi connectivity index (χ2n) is 0.572. The van der Waals surface area contributed by atoms with E-state index in [4.69, 9.17) is 0 Å². The Morgan fingerprint density at radius 2 is 1.71 bits per heavy atom. The first kappa shape index (κ1) is 11.3. The summed E-state index contributed by atoms with van der Waals surface area (Å²) in [4.78, 5) is 1.02. The van der Waals surface area contributed by atoms with E-state index in [1.54, 1.807) is 0 Å². The van der Waals surface area contributed by atoms with Crippen LogP contribution in [-0.2, 0) is 10.3 Å². The molecule has 0 heterocycles. The molecule has 7 heavy (non-hydrogen) atoms. The van der Waals surface area contributed by atoms with Gasteiger partial charge in [-0.15, -0.1) is 0 Å². The molecule has 0 spiro atoms. The molecule has 0 saturated carbocycles. The second-order valence-corrected chi connectivity index (χ2v) is 1.72. The van der Waals surface area contributed by atoms with Gasteiger partial charge >= 0.3 is 51.4 Å². The molecule has 0 aliphatic carbocycles. The Balaban J connectivity index is 0. The van der Waals surface area contributed by atoms with Crippen LogP contribution in [0, 0.1) is 0 Å². The van der Waals surface area contributed by atoms with Crippen LogP contribution in [0.25, 0.3) is 0 Å². The van der Waals surface area contributed by atoms with E-state index in [-0.39, 0.29) is 51.4 Å². The first-order chi connectivity index (χ1) is 2.56. The van der Waals surface area contributed by atoms with Crippen LogP contribution in [0.15, 0.2) is 0 Å². The van der Waals surface area contributed by atoms with Crippen molar-refractivity contribution in [3.05, 3.63) is 0 Å². The minimum Gasteiger partial charge on any atom is -0.735 e. The monoisotopic (exact) mass is 150 g/mol. The molecule has 0 aromatic carbocycles. The topological polar surface area (TPSA) is 95.2 Å². The maximum absolute atomic E-state index is 9.21. The van der Waals surface area contributed by atoms with Crippen molar-refractivity contribution in [3.8, 4) is 0 Å². The van der Waals surface area contributed by atoms with E-state index in [0.717, 1.165) is 4.83 Å². The third-order valence-corrected chi connectivity index (χ3v) is 0.433. The molecule has 0 atom stereocenters. The summed E-state index contributed by atoms with van der Waals surface area (Å²) >= 11 is 0. The summed E-state index contributed by atoms with van der Waals surface area (Å²) in [7, 11) is -4.38. The Morgan fingerprint density at radius 1 is 1.57 bits per heavy atom. The number of nitrogens with one attached hydrogen (secondary N) is 1. The number of hydrogen-bond acceptors (Lipinski definition) is 4. The van der Waals surface area contributed by atoms with Gasteiger partial charge in [0.2, 0.25) is 0 Å². The van der Waals surface area contributed by atoms with Crippen LogP contribution in [0.2, 0.25) is 0 Å². The SMILES string of the molecule is NNS(=O)(=O)[O-].[K+]. The molecule has 3 N–H and O–H groups in total. The molecule has 5 nitrogen and oxygen atoms in total. The van der Waals surface area contributed by atoms with Crippen LogP contribution in [0.1, 0.15) is 0 Å². The van der Waals surface area contributed by atoms with E-state index in [2.05, 4.69) is 5.84 Å². The number of nitrogens with two attached hydrogens (primary N) is 1. The predicted molar refractivity (Wildman–Crippen MR) is 17.0 cm³/mol. The molecule has 0 aromatic heterocycles. The van der Waals surface area contributed by atoms with Gasteiger partial charge in [-0.05, 0) is 0 Å². The molecule has 7 heteroatoms. The van der Waals surface area contributed by atoms with Crippen molar-refractivity contribution in [1.29, 1.82) is 0 Å². The van der Waals surface area contributed by atoms with Crippen molar-refractivity contribution in [3.63, 3.8) is 0 Å². The van der Waals surface area contributed by atoms with Crippen molar-refractivity contribution in [2.45, 2.75) is 0 Å². The summed E-state index contributed by atoms with van der Waals surface area (Å²) < 4.78 is 27.6. The van der Waals surface area contributed by atoms with Crippen LogP contribution in [0.4, 0.5) is 0 Å². The number of hydrogen-bond donors (Lipinski definition) is 2. The van der Waals surface area contributed by atoms with E-state index >= 15 is 0 Å². The molecule has 0 saturated heterocycles. The Morgan fingerprint density at radius 3 is 1.71 bits per heavy atom. The van der Waals surface area contributed by atoms with Crippen molar-refractivity contribution in [1.82, 2.24) is 4.83 Å². The minimum atomic E-state index is -4.38. The first-order valence-electron chi connectivity index (χ1n) is 0.993. The van der Waals surface area contributed by atoms with Crippen LogP contribution in [0.3, 0.4) is 0 Å². The third kappa shape index (κ3) is 11.2. The summed E-state index contributed by atoms with van der Waals surface area (Å²) in [5.41, 5.74) is 0. The Bertz CT molecular complexity index is 115. The summed E-state index contributed by atoms with van der Waals surface area (Å²) in [6.07, 6.45) is 0. The van der Waals surface area contributed by atoms with Crippen LogP contribution < -0.4 is 62.1 Å². The van der Waals surface area contributed by atoms with E-state index in [1.807, 2.05) is 0 Å². The Kier molecular flexibility index (Phi) is 7.02. The zero-order valence-corrected chi connectivity index (χ0v) is 7.65. The van der Waals surface area contributed by atoms with Gasteiger partial charge in [0, 0.05) is 0 Å². The molecular weight excluding hydrogens is 147 g/mol. The second kappa shape index (κ2) is 4.36. The Labute approximate surface area is 83.9 Å². The molecule has 0 amide bonds. The van der Waals surface area contributed by atoms with E-state index in [1.165, 1.54) is 0 Å². The van der Waals surface area contributed by atoms with Crippen LogP contribution >= 0.6 is 0 Å². The maximum Gasteiger partial charge on any atom is 1.00 e. The van der Waals surface area contributed by atoms with E-state index < -0.39 is 10.3 Å². The fourth-order valence-electron chi connectivity index (χ4n) is 0. The third-order valence-electron chi connectivity index (χ3n) is 0.144. The zero-order chi connectivity index (χ0) is 5.21. The van der Waals surface area contributed by atoms with Gasteiger partial charge in [-0.3, -0.25) is 5.84 Å². The van der Waals surface area contributed by atoms with Crippen LogP contribution in [0.5, 0.6) is 0 Å². The molecular formula is H3KN2O3S. The minimum absolute atomic E-state index is 0. The van der Waals surface area contributed by atoms with Gasteiger partial charge in [0.1, 0.15) is 0 Å². The molecule has 0 rings (SSSR count). The average molecular weight is 150 g/mol. The zero-order valence-electron chi connectivity index (χ0n) is 3.71. The maximum atomic E-state index is 9.21. The largest absolute Gasteiger partial charge is 1.00 e. The van der Waals surface area contributed by atoms with Gasteiger partial charge in [0.15, 0.2) is 10.3 Å². The van der Waals surface area contributed by atoms with Gasteiger partial charge in [0.05, 0.1) is 0 Å². The molecule has 38 valence electrons. The molecule has 0 aliphatic heterocycles. The number of rotatable bonds is 1. The quantitative estimate of drug-likeness (QED) is 0.169. The molecule has 0 aliphatic rings. The smallest absolute Gasteiger partial charge is 0.735 e. The van der Waals surface area contributed by atoms with Gasteiger partial charge < -0.3 is 4.55 Å². The molecule has 0 fully saturated rings. The normalized spacial score (nSPS) is 10.0. The molecule has 0 bridgehead atoms. The summed E-state index contributed by atoms with van der Waals surface area (Å²) in [6.45, 7) is 0. The summed E-state index contributed by atoms with van der Waals surface area (Å²) in [6, 6.07) is 0.